The number of aromatic carboxylic acids is 1. The number of fused-ring (bicyclic) bond motifs is 1. The number of carboxylic acid groups (broad SMARTS) is 1. The number of carboxylic acids is 1. The van der Waals surface area contributed by atoms with Gasteiger partial charge in [0.15, 0.2) is 5.78 Å². The zero-order chi connectivity index (χ0) is 11.0. The molecule has 1 N–H and O–H groups in total. The molecule has 1 aliphatic rings. The molecule has 0 fully saturated rings. The molecule has 15 heavy (non-hydrogen) atoms. The molecule has 0 spiro atoms. The molecule has 0 bridgehead atoms. The van der Waals surface area contributed by atoms with E-state index in [0.717, 1.165) is 10.6 Å². The Morgan fingerprint density at radius 1 is 1.47 bits per heavy atom. The van der Waals surface area contributed by atoms with Gasteiger partial charge in [0.05, 0.1) is 5.56 Å². The zero-order valence-corrected chi connectivity index (χ0v) is 9.06. The summed E-state index contributed by atoms with van der Waals surface area (Å²) in [6.45, 7) is 1.76. The molecule has 0 unspecified atom stereocenters. The van der Waals surface area contributed by atoms with Crippen molar-refractivity contribution < 1.29 is 14.7 Å². The van der Waals surface area contributed by atoms with Crippen LogP contribution in [-0.4, -0.2) is 22.6 Å². The molecule has 2 rings (SSSR count). The van der Waals surface area contributed by atoms with Gasteiger partial charge >= 0.3 is 5.97 Å². The van der Waals surface area contributed by atoms with Crippen molar-refractivity contribution in [2.45, 2.75) is 18.2 Å². The molecule has 0 saturated carbocycles. The van der Waals surface area contributed by atoms with Crippen LogP contribution in [0.15, 0.2) is 17.0 Å². The smallest absolute Gasteiger partial charge is 0.335 e. The fraction of sp³-hybridized carbons (Fsp3) is 0.273. The molecule has 0 radical (unpaired) electrons. The van der Waals surface area contributed by atoms with E-state index in [1.807, 2.05) is 0 Å². The normalized spacial score (nSPS) is 14.9. The molecule has 1 aromatic rings. The second-order valence-electron chi connectivity index (χ2n) is 3.44. The van der Waals surface area contributed by atoms with Gasteiger partial charge in [-0.25, -0.2) is 4.79 Å². The minimum atomic E-state index is -0.936. The van der Waals surface area contributed by atoms with Crippen molar-refractivity contribution in [3.63, 3.8) is 0 Å². The highest BCUT2D eigenvalue weighted by Gasteiger charge is 2.22. The Morgan fingerprint density at radius 3 is 2.87 bits per heavy atom. The van der Waals surface area contributed by atoms with E-state index in [4.69, 9.17) is 5.11 Å². The van der Waals surface area contributed by atoms with E-state index in [1.54, 1.807) is 24.8 Å². The van der Waals surface area contributed by atoms with Crippen LogP contribution in [0.2, 0.25) is 0 Å². The van der Waals surface area contributed by atoms with Crippen molar-refractivity contribution in [3.05, 3.63) is 28.8 Å². The molecule has 0 atom stereocenters. The van der Waals surface area contributed by atoms with Gasteiger partial charge in [-0.2, -0.15) is 0 Å². The Labute approximate surface area is 91.5 Å². The summed E-state index contributed by atoms with van der Waals surface area (Å²) >= 11 is 1.57. The average Bonchev–Trinajstić information content (AvgIpc) is 2.19. The number of carbonyl (C=O) groups excluding carboxylic acids is 1. The van der Waals surface area contributed by atoms with Crippen molar-refractivity contribution in [2.75, 3.05) is 5.75 Å². The molecule has 3 nitrogen and oxygen atoms in total. The average molecular weight is 222 g/mol. The maximum atomic E-state index is 11.6. The summed E-state index contributed by atoms with van der Waals surface area (Å²) in [4.78, 5) is 23.3. The fourth-order valence-corrected chi connectivity index (χ4v) is 2.86. The number of hydrogen-bond donors (Lipinski definition) is 1. The molecule has 0 aromatic heterocycles. The van der Waals surface area contributed by atoms with Crippen LogP contribution in [0.3, 0.4) is 0 Å². The van der Waals surface area contributed by atoms with E-state index in [9.17, 15) is 9.59 Å². The van der Waals surface area contributed by atoms with E-state index in [2.05, 4.69) is 0 Å². The first-order chi connectivity index (χ1) is 7.11. The maximum absolute atomic E-state index is 11.6. The molecule has 1 aliphatic heterocycles. The predicted octanol–water partition coefficient (Wildman–Crippen LogP) is 2.37. The molecular formula is C11H10O3S. The second kappa shape index (κ2) is 3.70. The van der Waals surface area contributed by atoms with E-state index in [0.29, 0.717) is 17.5 Å². The summed E-state index contributed by atoms with van der Waals surface area (Å²) < 4.78 is 0. The van der Waals surface area contributed by atoms with Crippen molar-refractivity contribution in [1.82, 2.24) is 0 Å². The van der Waals surface area contributed by atoms with Gasteiger partial charge in [0, 0.05) is 22.6 Å². The molecule has 0 saturated heterocycles. The van der Waals surface area contributed by atoms with Crippen molar-refractivity contribution in [3.8, 4) is 0 Å². The van der Waals surface area contributed by atoms with Crippen LogP contribution in [-0.2, 0) is 0 Å². The van der Waals surface area contributed by atoms with Crippen LogP contribution in [0.25, 0.3) is 0 Å². The number of hydrogen-bond acceptors (Lipinski definition) is 3. The Morgan fingerprint density at radius 2 is 2.20 bits per heavy atom. The van der Waals surface area contributed by atoms with Gasteiger partial charge in [0.1, 0.15) is 0 Å². The third-order valence-electron chi connectivity index (χ3n) is 2.51. The Hall–Kier alpha value is -1.29. The summed E-state index contributed by atoms with van der Waals surface area (Å²) in [5, 5.41) is 8.94. The van der Waals surface area contributed by atoms with E-state index in [-0.39, 0.29) is 11.3 Å². The largest absolute Gasteiger partial charge is 0.478 e. The number of thioether (sulfide) groups is 1. The first kappa shape index (κ1) is 10.2. The number of benzene rings is 1. The third-order valence-corrected chi connectivity index (χ3v) is 3.74. The van der Waals surface area contributed by atoms with Gasteiger partial charge in [-0.3, -0.25) is 4.79 Å². The Bertz CT molecular complexity index is 451. The third kappa shape index (κ3) is 1.65. The van der Waals surface area contributed by atoms with Crippen LogP contribution in [0.5, 0.6) is 0 Å². The van der Waals surface area contributed by atoms with Gasteiger partial charge in [-0.05, 0) is 24.6 Å². The molecule has 4 heteroatoms. The SMILES string of the molecule is Cc1c(C(=O)O)ccc2c1SCCC2=O. The first-order valence-corrected chi connectivity index (χ1v) is 5.62. The van der Waals surface area contributed by atoms with Gasteiger partial charge in [-0.1, -0.05) is 0 Å². The summed E-state index contributed by atoms with van der Waals surface area (Å²) in [7, 11) is 0. The number of ketones is 1. The van der Waals surface area contributed by atoms with Crippen LogP contribution < -0.4 is 0 Å². The molecule has 1 heterocycles. The lowest BCUT2D eigenvalue weighted by Gasteiger charge is -2.17. The Kier molecular flexibility index (Phi) is 2.52. The summed E-state index contributed by atoms with van der Waals surface area (Å²) in [6, 6.07) is 3.14. The lowest BCUT2D eigenvalue weighted by atomic mass is 10.0. The van der Waals surface area contributed by atoms with E-state index in [1.165, 1.54) is 6.07 Å². The van der Waals surface area contributed by atoms with Gasteiger partial charge in [-0.15, -0.1) is 11.8 Å². The minimum absolute atomic E-state index is 0.115. The number of Topliss-reactive ketones (excluding diaryl/α,β-unsaturated/α-hetero) is 1. The Balaban J connectivity index is 2.62. The van der Waals surface area contributed by atoms with Crippen molar-refractivity contribution >= 4 is 23.5 Å². The van der Waals surface area contributed by atoms with Crippen LogP contribution in [0, 0.1) is 6.92 Å². The fourth-order valence-electron chi connectivity index (χ4n) is 1.71. The summed E-state index contributed by atoms with van der Waals surface area (Å²) in [6.07, 6.45) is 0.545. The maximum Gasteiger partial charge on any atom is 0.335 e. The summed E-state index contributed by atoms with van der Waals surface area (Å²) in [5.41, 5.74) is 1.67. The summed E-state index contributed by atoms with van der Waals surface area (Å²) in [5.74, 6) is -0.0758. The molecule has 0 aliphatic carbocycles. The van der Waals surface area contributed by atoms with Crippen molar-refractivity contribution in [2.24, 2.45) is 0 Å². The van der Waals surface area contributed by atoms with Crippen LogP contribution in [0.4, 0.5) is 0 Å². The van der Waals surface area contributed by atoms with Crippen molar-refractivity contribution in [1.29, 1.82) is 0 Å². The lowest BCUT2D eigenvalue weighted by molar-refractivity contribution is 0.0695. The number of carbonyl (C=O) groups is 2. The predicted molar refractivity (Wildman–Crippen MR) is 57.8 cm³/mol. The molecule has 1 aromatic carbocycles. The quantitative estimate of drug-likeness (QED) is 0.792. The molecule has 78 valence electrons. The first-order valence-electron chi connectivity index (χ1n) is 4.64. The number of rotatable bonds is 1. The zero-order valence-electron chi connectivity index (χ0n) is 8.24. The van der Waals surface area contributed by atoms with Gasteiger partial charge < -0.3 is 5.11 Å². The highest BCUT2D eigenvalue weighted by molar-refractivity contribution is 7.99. The van der Waals surface area contributed by atoms with E-state index >= 15 is 0 Å². The molecular weight excluding hydrogens is 212 g/mol. The second-order valence-corrected chi connectivity index (χ2v) is 4.55. The minimum Gasteiger partial charge on any atom is -0.478 e. The van der Waals surface area contributed by atoms with Gasteiger partial charge in [0.2, 0.25) is 0 Å². The highest BCUT2D eigenvalue weighted by Crippen LogP contribution is 2.34. The standard InChI is InChI=1S/C11H10O3S/c1-6-7(11(13)14)2-3-8-9(12)4-5-15-10(6)8/h2-3H,4-5H2,1H3,(H,13,14). The monoisotopic (exact) mass is 222 g/mol. The van der Waals surface area contributed by atoms with E-state index < -0.39 is 5.97 Å². The molecule has 0 amide bonds. The topological polar surface area (TPSA) is 54.4 Å². The van der Waals surface area contributed by atoms with Crippen LogP contribution >= 0.6 is 11.8 Å². The highest BCUT2D eigenvalue weighted by atomic mass is 32.2. The van der Waals surface area contributed by atoms with Crippen LogP contribution in [0.1, 0.15) is 32.7 Å². The lowest BCUT2D eigenvalue weighted by Crippen LogP contribution is -2.12. The van der Waals surface area contributed by atoms with Gasteiger partial charge in [0.25, 0.3) is 0 Å².